The fourth-order valence-corrected chi connectivity index (χ4v) is 4.46. The average Bonchev–Trinajstić information content (AvgIpc) is 3.10. The lowest BCUT2D eigenvalue weighted by Crippen LogP contribution is -2.32. The van der Waals surface area contributed by atoms with Crippen molar-refractivity contribution < 1.29 is 29.3 Å². The number of aliphatic hydroxyl groups excluding tert-OH is 1. The van der Waals surface area contributed by atoms with Crippen LogP contribution in [0.25, 0.3) is 5.76 Å². The van der Waals surface area contributed by atoms with Gasteiger partial charge in [0, 0.05) is 12.1 Å². The summed E-state index contributed by atoms with van der Waals surface area (Å²) >= 11 is 0. The van der Waals surface area contributed by atoms with Crippen molar-refractivity contribution >= 4 is 17.4 Å². The van der Waals surface area contributed by atoms with Crippen molar-refractivity contribution in [2.45, 2.75) is 46.1 Å². The highest BCUT2D eigenvalue weighted by atomic mass is 16.5. The SMILES string of the molecule is CCCCOc1ccc(C(O)=C2C(=O)C(=O)N(CCCN(C)C)[C@@H]2c2ccc(O)c(OCC)c2)c(C)c1. The number of rotatable bonds is 12. The van der Waals surface area contributed by atoms with Gasteiger partial charge in [0.05, 0.1) is 24.8 Å². The Balaban J connectivity index is 2.09. The molecule has 0 radical (unpaired) electrons. The van der Waals surface area contributed by atoms with Gasteiger partial charge >= 0.3 is 0 Å². The standard InChI is InChI=1S/C29H38N2O6/c1-6-8-16-37-21-11-12-22(19(3)17-21)27(33)25-26(20-10-13-23(32)24(18-20)36-7-2)31(29(35)28(25)34)15-9-14-30(4)5/h10-13,17-18,26,32-33H,6-9,14-16H2,1-5H3/t26-/m1/s1. The Hall–Kier alpha value is -3.52. The predicted molar refractivity (Wildman–Crippen MR) is 143 cm³/mol. The summed E-state index contributed by atoms with van der Waals surface area (Å²) in [5.41, 5.74) is 1.78. The Morgan fingerprint density at radius 3 is 2.46 bits per heavy atom. The predicted octanol–water partition coefficient (Wildman–Crippen LogP) is 4.65. The fourth-order valence-electron chi connectivity index (χ4n) is 4.46. The maximum atomic E-state index is 13.3. The second-order valence-corrected chi connectivity index (χ2v) is 9.49. The molecule has 8 heteroatoms. The topological polar surface area (TPSA) is 99.5 Å². The quantitative estimate of drug-likeness (QED) is 0.186. The van der Waals surface area contributed by atoms with Gasteiger partial charge in [-0.15, -0.1) is 0 Å². The van der Waals surface area contributed by atoms with E-state index < -0.39 is 17.7 Å². The first-order valence-electron chi connectivity index (χ1n) is 12.8. The third kappa shape index (κ3) is 6.43. The molecule has 1 aliphatic heterocycles. The number of ether oxygens (including phenoxy) is 2. The first-order valence-corrected chi connectivity index (χ1v) is 12.8. The van der Waals surface area contributed by atoms with Gasteiger partial charge in [-0.2, -0.15) is 0 Å². The van der Waals surface area contributed by atoms with Crippen LogP contribution < -0.4 is 9.47 Å². The number of carbonyl (C=O) groups excluding carboxylic acids is 2. The number of amides is 1. The molecule has 0 aromatic heterocycles. The van der Waals surface area contributed by atoms with Crippen LogP contribution in [-0.4, -0.2) is 72.1 Å². The van der Waals surface area contributed by atoms with Crippen molar-refractivity contribution in [3.8, 4) is 17.2 Å². The van der Waals surface area contributed by atoms with Gasteiger partial charge in [-0.1, -0.05) is 19.4 Å². The molecule has 1 saturated heterocycles. The zero-order chi connectivity index (χ0) is 27.1. The van der Waals surface area contributed by atoms with E-state index >= 15 is 0 Å². The van der Waals surface area contributed by atoms with Crippen LogP contribution in [0.2, 0.25) is 0 Å². The minimum absolute atomic E-state index is 0.0192. The monoisotopic (exact) mass is 510 g/mol. The lowest BCUT2D eigenvalue weighted by molar-refractivity contribution is -0.139. The molecule has 1 atom stereocenters. The molecule has 0 unspecified atom stereocenters. The highest BCUT2D eigenvalue weighted by Crippen LogP contribution is 2.42. The minimum Gasteiger partial charge on any atom is -0.507 e. The van der Waals surface area contributed by atoms with Crippen LogP contribution in [0, 0.1) is 6.92 Å². The van der Waals surface area contributed by atoms with Gasteiger partial charge in [-0.25, -0.2) is 0 Å². The number of aromatic hydroxyl groups is 1. The number of unbranched alkanes of at least 4 members (excludes halogenated alkanes) is 1. The number of ketones is 1. The Kier molecular flexibility index (Phi) is 9.58. The largest absolute Gasteiger partial charge is 0.507 e. The molecular formula is C29H38N2O6. The highest BCUT2D eigenvalue weighted by Gasteiger charge is 2.46. The van der Waals surface area contributed by atoms with E-state index in [-0.39, 0.29) is 22.8 Å². The van der Waals surface area contributed by atoms with Gasteiger partial charge in [0.2, 0.25) is 0 Å². The smallest absolute Gasteiger partial charge is 0.295 e. The second-order valence-electron chi connectivity index (χ2n) is 9.49. The molecule has 0 spiro atoms. The van der Waals surface area contributed by atoms with Crippen LogP contribution in [0.4, 0.5) is 0 Å². The van der Waals surface area contributed by atoms with Crippen molar-refractivity contribution in [2.75, 3.05) is 40.4 Å². The number of phenols is 1. The number of nitrogens with zero attached hydrogens (tertiary/aromatic N) is 2. The molecule has 3 rings (SSSR count). The summed E-state index contributed by atoms with van der Waals surface area (Å²) in [6.07, 6.45) is 2.61. The lowest BCUT2D eigenvalue weighted by atomic mass is 9.93. The highest BCUT2D eigenvalue weighted by molar-refractivity contribution is 6.46. The fraction of sp³-hybridized carbons (Fsp3) is 0.448. The molecule has 1 aliphatic rings. The van der Waals surface area contributed by atoms with E-state index in [4.69, 9.17) is 9.47 Å². The van der Waals surface area contributed by atoms with Crippen molar-refractivity contribution in [2.24, 2.45) is 0 Å². The van der Waals surface area contributed by atoms with E-state index in [1.807, 2.05) is 32.0 Å². The molecule has 0 saturated carbocycles. The molecule has 2 N–H and O–H groups in total. The zero-order valence-corrected chi connectivity index (χ0v) is 22.4. The summed E-state index contributed by atoms with van der Waals surface area (Å²) in [6, 6.07) is 9.23. The van der Waals surface area contributed by atoms with E-state index in [9.17, 15) is 19.8 Å². The van der Waals surface area contributed by atoms with Gasteiger partial charge in [-0.05, 0) is 88.8 Å². The van der Waals surface area contributed by atoms with E-state index in [0.717, 1.165) is 24.9 Å². The molecule has 0 bridgehead atoms. The summed E-state index contributed by atoms with van der Waals surface area (Å²) in [5.74, 6) is -0.729. The number of aliphatic hydroxyl groups is 1. The first kappa shape index (κ1) is 28.1. The van der Waals surface area contributed by atoms with Crippen molar-refractivity contribution in [1.82, 2.24) is 9.80 Å². The van der Waals surface area contributed by atoms with Gasteiger partial charge in [0.15, 0.2) is 11.5 Å². The van der Waals surface area contributed by atoms with Crippen LogP contribution in [0.5, 0.6) is 17.2 Å². The van der Waals surface area contributed by atoms with E-state index in [2.05, 4.69) is 6.92 Å². The lowest BCUT2D eigenvalue weighted by Gasteiger charge is -2.26. The minimum atomic E-state index is -0.818. The molecule has 2 aromatic carbocycles. The summed E-state index contributed by atoms with van der Waals surface area (Å²) in [5, 5.41) is 21.7. The summed E-state index contributed by atoms with van der Waals surface area (Å²) in [4.78, 5) is 30.0. The van der Waals surface area contributed by atoms with Crippen molar-refractivity contribution in [3.63, 3.8) is 0 Å². The van der Waals surface area contributed by atoms with Crippen LogP contribution in [-0.2, 0) is 9.59 Å². The van der Waals surface area contributed by atoms with Gasteiger partial charge in [0.25, 0.3) is 11.7 Å². The summed E-state index contributed by atoms with van der Waals surface area (Å²) in [7, 11) is 3.89. The van der Waals surface area contributed by atoms with E-state index in [1.54, 1.807) is 31.2 Å². The maximum Gasteiger partial charge on any atom is 0.295 e. The molecule has 1 heterocycles. The molecule has 1 fully saturated rings. The molecule has 2 aromatic rings. The number of carbonyl (C=O) groups is 2. The van der Waals surface area contributed by atoms with Gasteiger partial charge in [0.1, 0.15) is 11.5 Å². The molecule has 8 nitrogen and oxygen atoms in total. The van der Waals surface area contributed by atoms with Crippen molar-refractivity contribution in [1.29, 1.82) is 0 Å². The number of phenolic OH excluding ortho intramolecular Hbond substituents is 1. The molecule has 0 aliphatic carbocycles. The van der Waals surface area contributed by atoms with Crippen LogP contribution in [0.3, 0.4) is 0 Å². The third-order valence-electron chi connectivity index (χ3n) is 6.36. The zero-order valence-electron chi connectivity index (χ0n) is 22.4. The Morgan fingerprint density at radius 2 is 1.81 bits per heavy atom. The summed E-state index contributed by atoms with van der Waals surface area (Å²) < 4.78 is 11.3. The van der Waals surface area contributed by atoms with E-state index in [1.165, 1.54) is 11.0 Å². The number of hydrogen-bond donors (Lipinski definition) is 2. The van der Waals surface area contributed by atoms with Crippen molar-refractivity contribution in [3.05, 3.63) is 58.7 Å². The molecule has 1 amide bonds. The maximum absolute atomic E-state index is 13.3. The average molecular weight is 511 g/mol. The number of likely N-dealkylation sites (tertiary alicyclic amines) is 1. The number of Topliss-reactive ketones (excluding diaryl/α,β-unsaturated/α-hetero) is 1. The van der Waals surface area contributed by atoms with Gasteiger partial charge in [-0.3, -0.25) is 9.59 Å². The molecule has 37 heavy (non-hydrogen) atoms. The van der Waals surface area contributed by atoms with Crippen LogP contribution >= 0.6 is 0 Å². The van der Waals surface area contributed by atoms with Gasteiger partial charge < -0.3 is 29.5 Å². The molecular weight excluding hydrogens is 472 g/mol. The Labute approximate surface area is 219 Å². The Morgan fingerprint density at radius 1 is 1.05 bits per heavy atom. The molecule has 200 valence electrons. The van der Waals surface area contributed by atoms with Crippen LogP contribution in [0.1, 0.15) is 55.8 Å². The third-order valence-corrected chi connectivity index (χ3v) is 6.36. The normalized spacial score (nSPS) is 17.0. The Bertz CT molecular complexity index is 1160. The van der Waals surface area contributed by atoms with Crippen LogP contribution in [0.15, 0.2) is 42.0 Å². The summed E-state index contributed by atoms with van der Waals surface area (Å²) in [6.45, 7) is 7.73. The second kappa shape index (κ2) is 12.6. The van der Waals surface area contributed by atoms with E-state index in [0.29, 0.717) is 43.1 Å². The first-order chi connectivity index (χ1) is 17.7. The number of aryl methyl sites for hydroxylation is 1. The number of hydrogen-bond acceptors (Lipinski definition) is 7. The number of benzene rings is 2.